The van der Waals surface area contributed by atoms with Crippen molar-refractivity contribution in [1.82, 2.24) is 10.2 Å². The van der Waals surface area contributed by atoms with Crippen molar-refractivity contribution in [3.05, 3.63) is 0 Å². The van der Waals surface area contributed by atoms with Crippen molar-refractivity contribution in [2.75, 3.05) is 33.3 Å². The monoisotopic (exact) mass is 256 g/mol. The van der Waals surface area contributed by atoms with Crippen molar-refractivity contribution in [3.63, 3.8) is 0 Å². The molecule has 0 aromatic carbocycles. The number of likely N-dealkylation sites (N-methyl/N-ethyl adjacent to an activating group) is 1. The second-order valence-corrected chi connectivity index (χ2v) is 5.75. The standard InChI is InChI=1S/C15H32N2O/c1-3-15(14-18,16-2)10-9-13-17-11-7-5-4-6-8-12-17/h16,18H,3-14H2,1-2H3. The molecule has 2 N–H and O–H groups in total. The van der Waals surface area contributed by atoms with Crippen LogP contribution in [0.15, 0.2) is 0 Å². The summed E-state index contributed by atoms with van der Waals surface area (Å²) < 4.78 is 0. The summed E-state index contributed by atoms with van der Waals surface area (Å²) in [7, 11) is 1.97. The highest BCUT2D eigenvalue weighted by Gasteiger charge is 2.24. The van der Waals surface area contributed by atoms with Gasteiger partial charge in [0, 0.05) is 5.54 Å². The lowest BCUT2D eigenvalue weighted by molar-refractivity contribution is 0.144. The molecule has 1 unspecified atom stereocenters. The van der Waals surface area contributed by atoms with Crippen LogP contribution in [-0.2, 0) is 0 Å². The highest BCUT2D eigenvalue weighted by molar-refractivity contribution is 4.84. The smallest absolute Gasteiger partial charge is 0.0613 e. The molecule has 0 bridgehead atoms. The molecule has 0 saturated carbocycles. The molecule has 3 nitrogen and oxygen atoms in total. The van der Waals surface area contributed by atoms with Gasteiger partial charge in [-0.15, -0.1) is 0 Å². The number of nitrogens with one attached hydrogen (secondary N) is 1. The van der Waals surface area contributed by atoms with Gasteiger partial charge in [0.2, 0.25) is 0 Å². The largest absolute Gasteiger partial charge is 0.394 e. The zero-order chi connectivity index (χ0) is 13.3. The molecule has 1 fully saturated rings. The number of nitrogens with zero attached hydrogens (tertiary/aromatic N) is 1. The molecule has 1 aliphatic rings. The first kappa shape index (κ1) is 15.9. The minimum atomic E-state index is -0.0528. The van der Waals surface area contributed by atoms with Gasteiger partial charge in [-0.1, -0.05) is 26.2 Å². The average Bonchev–Trinajstić information content (AvgIpc) is 2.37. The van der Waals surface area contributed by atoms with Gasteiger partial charge in [0.15, 0.2) is 0 Å². The molecular formula is C15H32N2O. The van der Waals surface area contributed by atoms with Crippen molar-refractivity contribution in [3.8, 4) is 0 Å². The Morgan fingerprint density at radius 2 is 1.72 bits per heavy atom. The molecule has 108 valence electrons. The molecule has 1 aliphatic heterocycles. The third kappa shape index (κ3) is 5.25. The van der Waals surface area contributed by atoms with Crippen LogP contribution in [0.1, 0.15) is 58.3 Å². The van der Waals surface area contributed by atoms with Crippen LogP contribution < -0.4 is 5.32 Å². The molecule has 1 heterocycles. The van der Waals surface area contributed by atoms with Crippen LogP contribution >= 0.6 is 0 Å². The summed E-state index contributed by atoms with van der Waals surface area (Å²) in [4.78, 5) is 2.62. The topological polar surface area (TPSA) is 35.5 Å². The van der Waals surface area contributed by atoms with Gasteiger partial charge < -0.3 is 15.3 Å². The summed E-state index contributed by atoms with van der Waals surface area (Å²) in [5, 5.41) is 12.8. The molecule has 1 rings (SSSR count). The first-order valence-corrected chi connectivity index (χ1v) is 7.78. The summed E-state index contributed by atoms with van der Waals surface area (Å²) in [6, 6.07) is 0. The molecule has 18 heavy (non-hydrogen) atoms. The van der Waals surface area contributed by atoms with Gasteiger partial charge in [0.1, 0.15) is 0 Å². The molecular weight excluding hydrogens is 224 g/mol. The van der Waals surface area contributed by atoms with Crippen LogP contribution in [0, 0.1) is 0 Å². The van der Waals surface area contributed by atoms with E-state index >= 15 is 0 Å². The molecule has 0 spiro atoms. The first-order chi connectivity index (χ1) is 8.76. The van der Waals surface area contributed by atoms with Crippen LogP contribution in [0.2, 0.25) is 0 Å². The fourth-order valence-electron chi connectivity index (χ4n) is 2.93. The average molecular weight is 256 g/mol. The Hall–Kier alpha value is -0.120. The van der Waals surface area contributed by atoms with Crippen LogP contribution in [0.3, 0.4) is 0 Å². The van der Waals surface area contributed by atoms with Crippen LogP contribution in [0.4, 0.5) is 0 Å². The quantitative estimate of drug-likeness (QED) is 0.734. The van der Waals surface area contributed by atoms with Crippen LogP contribution in [0.5, 0.6) is 0 Å². The number of rotatable bonds is 7. The van der Waals surface area contributed by atoms with E-state index in [2.05, 4.69) is 17.1 Å². The second-order valence-electron chi connectivity index (χ2n) is 5.75. The normalized spacial score (nSPS) is 22.2. The summed E-state index contributed by atoms with van der Waals surface area (Å²) in [5.41, 5.74) is -0.0528. The second kappa shape index (κ2) is 8.89. The van der Waals surface area contributed by atoms with Gasteiger partial charge in [0.05, 0.1) is 6.61 Å². The Balaban J connectivity index is 2.25. The lowest BCUT2D eigenvalue weighted by atomic mass is 9.91. The number of likely N-dealkylation sites (tertiary alicyclic amines) is 1. The maximum atomic E-state index is 9.52. The van der Waals surface area contributed by atoms with E-state index in [1.807, 2.05) is 7.05 Å². The lowest BCUT2D eigenvalue weighted by Crippen LogP contribution is -2.46. The predicted octanol–water partition coefficient (Wildman–Crippen LogP) is 2.39. The number of hydrogen-bond donors (Lipinski definition) is 2. The first-order valence-electron chi connectivity index (χ1n) is 7.78. The van der Waals surface area contributed by atoms with Gasteiger partial charge in [-0.25, -0.2) is 0 Å². The number of aliphatic hydroxyl groups excluding tert-OH is 1. The van der Waals surface area contributed by atoms with Gasteiger partial charge in [-0.2, -0.15) is 0 Å². The number of aliphatic hydroxyl groups is 1. The van der Waals surface area contributed by atoms with E-state index in [0.717, 1.165) is 12.8 Å². The van der Waals surface area contributed by atoms with E-state index in [4.69, 9.17) is 0 Å². The molecule has 0 aromatic rings. The summed E-state index contributed by atoms with van der Waals surface area (Å²) in [6.07, 6.45) is 10.2. The molecule has 0 radical (unpaired) electrons. The van der Waals surface area contributed by atoms with E-state index in [0.29, 0.717) is 0 Å². The van der Waals surface area contributed by atoms with Crippen LogP contribution in [-0.4, -0.2) is 48.8 Å². The highest BCUT2D eigenvalue weighted by Crippen LogP contribution is 2.17. The third-order valence-corrected chi connectivity index (χ3v) is 4.59. The zero-order valence-corrected chi connectivity index (χ0v) is 12.4. The summed E-state index contributed by atoms with van der Waals surface area (Å²) in [5.74, 6) is 0. The molecule has 3 heteroatoms. The van der Waals surface area contributed by atoms with Gasteiger partial charge in [0.25, 0.3) is 0 Å². The zero-order valence-electron chi connectivity index (χ0n) is 12.4. The maximum Gasteiger partial charge on any atom is 0.0613 e. The Kier molecular flexibility index (Phi) is 7.87. The molecule has 1 atom stereocenters. The van der Waals surface area contributed by atoms with Gasteiger partial charge in [-0.3, -0.25) is 0 Å². The molecule has 0 amide bonds. The lowest BCUT2D eigenvalue weighted by Gasteiger charge is -2.32. The van der Waals surface area contributed by atoms with Crippen molar-refractivity contribution in [2.24, 2.45) is 0 Å². The fraction of sp³-hybridized carbons (Fsp3) is 1.00. The predicted molar refractivity (Wildman–Crippen MR) is 77.9 cm³/mol. The van der Waals surface area contributed by atoms with E-state index in [1.54, 1.807) is 0 Å². The van der Waals surface area contributed by atoms with Crippen LogP contribution in [0.25, 0.3) is 0 Å². The number of hydrogen-bond acceptors (Lipinski definition) is 3. The van der Waals surface area contributed by atoms with E-state index in [9.17, 15) is 5.11 Å². The molecule has 1 saturated heterocycles. The van der Waals surface area contributed by atoms with E-state index < -0.39 is 0 Å². The molecule has 0 aliphatic carbocycles. The Morgan fingerprint density at radius 3 is 2.22 bits per heavy atom. The fourth-order valence-corrected chi connectivity index (χ4v) is 2.93. The Bertz CT molecular complexity index is 188. The minimum absolute atomic E-state index is 0.0528. The Labute approximate surface area is 113 Å². The SMILES string of the molecule is CCC(CO)(CCCN1CCCCCCC1)NC. The third-order valence-electron chi connectivity index (χ3n) is 4.59. The van der Waals surface area contributed by atoms with E-state index in [1.165, 1.54) is 58.2 Å². The highest BCUT2D eigenvalue weighted by atomic mass is 16.3. The summed E-state index contributed by atoms with van der Waals surface area (Å²) in [6.45, 7) is 6.15. The van der Waals surface area contributed by atoms with Gasteiger partial charge >= 0.3 is 0 Å². The van der Waals surface area contributed by atoms with Crippen molar-refractivity contribution >= 4 is 0 Å². The van der Waals surface area contributed by atoms with Gasteiger partial charge in [-0.05, 0) is 58.8 Å². The van der Waals surface area contributed by atoms with Crippen molar-refractivity contribution in [1.29, 1.82) is 0 Å². The molecule has 0 aromatic heterocycles. The minimum Gasteiger partial charge on any atom is -0.394 e. The van der Waals surface area contributed by atoms with Crippen molar-refractivity contribution in [2.45, 2.75) is 63.8 Å². The Morgan fingerprint density at radius 1 is 1.11 bits per heavy atom. The van der Waals surface area contributed by atoms with E-state index in [-0.39, 0.29) is 12.1 Å². The van der Waals surface area contributed by atoms with Crippen molar-refractivity contribution < 1.29 is 5.11 Å². The summed E-state index contributed by atoms with van der Waals surface area (Å²) >= 11 is 0. The maximum absolute atomic E-state index is 9.52.